The van der Waals surface area contributed by atoms with E-state index in [2.05, 4.69) is 4.99 Å². The van der Waals surface area contributed by atoms with Gasteiger partial charge in [-0.15, -0.1) is 0 Å². The Hall–Kier alpha value is -1.12. The van der Waals surface area contributed by atoms with E-state index in [9.17, 15) is 0 Å². The predicted octanol–water partition coefficient (Wildman–Crippen LogP) is 0.578. The van der Waals surface area contributed by atoms with E-state index in [1.807, 2.05) is 0 Å². The smallest absolute Gasteiger partial charge is 0.158 e. The third kappa shape index (κ3) is 1.18. The largest absolute Gasteiger partial charge is 0.493 e. The van der Waals surface area contributed by atoms with Gasteiger partial charge < -0.3 is 4.74 Å². The number of allylic oxidation sites excluding steroid dienone is 1. The average molecular weight is 110 g/mol. The zero-order chi connectivity index (χ0) is 5.82. The minimum atomic E-state index is 0.259. The number of hydrogen-bond acceptors (Lipinski definition) is 2. The Morgan fingerprint density at radius 2 is 2.62 bits per heavy atom. The van der Waals surface area contributed by atoms with Gasteiger partial charge in [0, 0.05) is 6.21 Å². The molecule has 3 heteroatoms. The van der Waals surface area contributed by atoms with E-state index >= 15 is 0 Å². The summed E-state index contributed by atoms with van der Waals surface area (Å²) in [4.78, 5) is 3.67. The molecule has 42 valence electrons. The highest BCUT2D eigenvalue weighted by atomic mass is 16.5. The Bertz CT molecular complexity index is 149. The first-order valence-corrected chi connectivity index (χ1v) is 2.28. The van der Waals surface area contributed by atoms with Gasteiger partial charge in [0.2, 0.25) is 0 Å². The molecule has 0 saturated heterocycles. The molecule has 0 aliphatic carbocycles. The molecule has 0 saturated carbocycles. The van der Waals surface area contributed by atoms with E-state index < -0.39 is 0 Å². The van der Waals surface area contributed by atoms with E-state index in [-0.39, 0.29) is 12.4 Å². The van der Waals surface area contributed by atoms with Crippen LogP contribution in [0.4, 0.5) is 0 Å². The summed E-state index contributed by atoms with van der Waals surface area (Å²) in [6.07, 6.45) is 4.71. The lowest BCUT2D eigenvalue weighted by Gasteiger charge is -1.91. The van der Waals surface area contributed by atoms with E-state index in [1.165, 1.54) is 12.5 Å². The number of nitrogens with zero attached hydrogens (tertiary/aromatic N) is 1. The summed E-state index contributed by atoms with van der Waals surface area (Å²) in [6.45, 7) is 0.285. The molecule has 0 spiro atoms. The highest BCUT2D eigenvalue weighted by Crippen LogP contribution is 1.85. The van der Waals surface area contributed by atoms with Crippen LogP contribution in [0.1, 0.15) is 0 Å². The fourth-order valence-electron chi connectivity index (χ4n) is 0.388. The molecule has 1 aliphatic rings. The van der Waals surface area contributed by atoms with Crippen molar-refractivity contribution >= 4 is 12.1 Å². The monoisotopic (exact) mass is 110 g/mol. The summed E-state index contributed by atoms with van der Waals surface area (Å²) in [5.41, 5.74) is 0. The Labute approximate surface area is 47.2 Å². The maximum atomic E-state index is 6.97. The van der Waals surface area contributed by atoms with Crippen molar-refractivity contribution in [3.05, 3.63) is 12.3 Å². The number of hydrogen-bond donors (Lipinski definition) is 1. The molecule has 0 atom stereocenters. The second-order valence-corrected chi connectivity index (χ2v) is 1.36. The zero-order valence-electron chi connectivity index (χ0n) is 4.29. The lowest BCUT2D eigenvalue weighted by Crippen LogP contribution is -1.98. The van der Waals surface area contributed by atoms with E-state index in [1.54, 1.807) is 6.08 Å². The van der Waals surface area contributed by atoms with E-state index in [0.29, 0.717) is 0 Å². The van der Waals surface area contributed by atoms with Gasteiger partial charge in [0.1, 0.15) is 6.61 Å². The molecule has 8 heavy (non-hydrogen) atoms. The van der Waals surface area contributed by atoms with Crippen molar-refractivity contribution in [2.45, 2.75) is 0 Å². The zero-order valence-corrected chi connectivity index (χ0v) is 4.29. The molecule has 3 nitrogen and oxygen atoms in total. The average Bonchev–Trinajstić information content (AvgIpc) is 1.94. The topological polar surface area (TPSA) is 45.4 Å². The van der Waals surface area contributed by atoms with Crippen LogP contribution in [0.3, 0.4) is 0 Å². The summed E-state index contributed by atoms with van der Waals surface area (Å²) >= 11 is 0. The SMILES string of the molecule is N=C1COC=CC=N1. The van der Waals surface area contributed by atoms with Crippen LogP contribution in [-0.2, 0) is 4.74 Å². The second-order valence-electron chi connectivity index (χ2n) is 1.36. The minimum Gasteiger partial charge on any atom is -0.493 e. The van der Waals surface area contributed by atoms with Crippen molar-refractivity contribution in [2.24, 2.45) is 4.99 Å². The summed E-state index contributed by atoms with van der Waals surface area (Å²) in [7, 11) is 0. The first-order valence-electron chi connectivity index (χ1n) is 2.28. The second kappa shape index (κ2) is 2.26. The summed E-state index contributed by atoms with van der Waals surface area (Å²) in [5.74, 6) is 0.259. The van der Waals surface area contributed by atoms with Crippen molar-refractivity contribution in [2.75, 3.05) is 6.61 Å². The van der Waals surface area contributed by atoms with Crippen LogP contribution >= 0.6 is 0 Å². The molecule has 0 unspecified atom stereocenters. The number of amidine groups is 1. The molecule has 0 amide bonds. The predicted molar refractivity (Wildman–Crippen MR) is 31.3 cm³/mol. The number of ether oxygens (including phenoxy) is 1. The maximum Gasteiger partial charge on any atom is 0.158 e. The Balaban J connectivity index is 2.58. The third-order valence-corrected chi connectivity index (χ3v) is 0.711. The molecule has 1 rings (SSSR count). The summed E-state index contributed by atoms with van der Waals surface area (Å²) in [6, 6.07) is 0. The summed E-state index contributed by atoms with van der Waals surface area (Å²) < 4.78 is 4.78. The van der Waals surface area contributed by atoms with Crippen molar-refractivity contribution < 1.29 is 4.74 Å². The molecule has 0 aromatic heterocycles. The molecule has 0 bridgehead atoms. The van der Waals surface area contributed by atoms with Gasteiger partial charge in [-0.25, -0.2) is 4.99 Å². The normalized spacial score (nSPS) is 17.8. The van der Waals surface area contributed by atoms with Crippen LogP contribution < -0.4 is 0 Å². The highest BCUT2D eigenvalue weighted by Gasteiger charge is 1.91. The van der Waals surface area contributed by atoms with Gasteiger partial charge in [0.05, 0.1) is 6.26 Å². The van der Waals surface area contributed by atoms with Crippen molar-refractivity contribution in [1.29, 1.82) is 5.41 Å². The van der Waals surface area contributed by atoms with Crippen LogP contribution in [0.15, 0.2) is 17.3 Å². The lowest BCUT2D eigenvalue weighted by atomic mass is 10.6. The maximum absolute atomic E-state index is 6.97. The molecule has 1 aliphatic heterocycles. The molecule has 0 aromatic rings. The standard InChI is InChI=1S/C5H6N2O/c6-5-4-8-3-1-2-7-5/h1-3,6H,4H2. The molecular formula is C5H6N2O. The van der Waals surface area contributed by atoms with Gasteiger partial charge in [-0.1, -0.05) is 0 Å². The number of aliphatic imine (C=N–C) groups is 1. The van der Waals surface area contributed by atoms with Crippen molar-refractivity contribution in [1.82, 2.24) is 0 Å². The fraction of sp³-hybridized carbons (Fsp3) is 0.200. The van der Waals surface area contributed by atoms with Crippen molar-refractivity contribution in [3.63, 3.8) is 0 Å². The first kappa shape index (κ1) is 5.03. The van der Waals surface area contributed by atoms with Gasteiger partial charge in [0.15, 0.2) is 5.84 Å². The number of nitrogens with one attached hydrogen (secondary N) is 1. The minimum absolute atomic E-state index is 0.259. The van der Waals surface area contributed by atoms with Crippen LogP contribution in [0.5, 0.6) is 0 Å². The third-order valence-electron chi connectivity index (χ3n) is 0.711. The van der Waals surface area contributed by atoms with Crippen LogP contribution in [0, 0.1) is 5.41 Å². The number of rotatable bonds is 0. The first-order chi connectivity index (χ1) is 3.89. The van der Waals surface area contributed by atoms with E-state index in [4.69, 9.17) is 10.1 Å². The lowest BCUT2D eigenvalue weighted by molar-refractivity contribution is 0.302. The Kier molecular flexibility index (Phi) is 1.42. The van der Waals surface area contributed by atoms with Crippen LogP contribution in [-0.4, -0.2) is 18.7 Å². The highest BCUT2D eigenvalue weighted by molar-refractivity contribution is 5.91. The fourth-order valence-corrected chi connectivity index (χ4v) is 0.388. The van der Waals surface area contributed by atoms with E-state index in [0.717, 1.165) is 0 Å². The van der Waals surface area contributed by atoms with Crippen LogP contribution in [0.2, 0.25) is 0 Å². The van der Waals surface area contributed by atoms with Gasteiger partial charge in [0.25, 0.3) is 0 Å². The van der Waals surface area contributed by atoms with Gasteiger partial charge >= 0.3 is 0 Å². The van der Waals surface area contributed by atoms with Gasteiger partial charge in [-0.05, 0) is 6.08 Å². The summed E-state index contributed by atoms with van der Waals surface area (Å²) in [5, 5.41) is 6.97. The van der Waals surface area contributed by atoms with Crippen molar-refractivity contribution in [3.8, 4) is 0 Å². The molecule has 0 aromatic carbocycles. The van der Waals surface area contributed by atoms with Crippen LogP contribution in [0.25, 0.3) is 0 Å². The molecule has 1 heterocycles. The quantitative estimate of drug-likeness (QED) is 0.487. The Morgan fingerprint density at radius 1 is 1.75 bits per heavy atom. The molecular weight excluding hydrogens is 104 g/mol. The molecule has 0 radical (unpaired) electrons. The molecule has 1 N–H and O–H groups in total. The van der Waals surface area contributed by atoms with Gasteiger partial charge in [-0.3, -0.25) is 5.41 Å². The Morgan fingerprint density at radius 3 is 3.50 bits per heavy atom. The van der Waals surface area contributed by atoms with Gasteiger partial charge in [-0.2, -0.15) is 0 Å². The molecule has 0 fully saturated rings.